The molecule has 0 amide bonds. The van der Waals surface area contributed by atoms with Crippen LogP contribution in [0.3, 0.4) is 0 Å². The van der Waals surface area contributed by atoms with Gasteiger partial charge in [0.15, 0.2) is 11.0 Å². The Morgan fingerprint density at radius 1 is 1.17 bits per heavy atom. The van der Waals surface area contributed by atoms with Crippen LogP contribution in [0.1, 0.15) is 24.0 Å². The minimum atomic E-state index is -0.137. The van der Waals surface area contributed by atoms with Gasteiger partial charge >= 0.3 is 0 Å². The normalized spacial score (nSPS) is 30.9. The Bertz CT molecular complexity index is 480. The van der Waals surface area contributed by atoms with Crippen molar-refractivity contribution in [2.24, 2.45) is 11.8 Å². The van der Waals surface area contributed by atoms with Crippen molar-refractivity contribution in [3.63, 3.8) is 0 Å². The van der Waals surface area contributed by atoms with Gasteiger partial charge < -0.3 is 10.0 Å². The Hall–Kier alpha value is -0.870. The van der Waals surface area contributed by atoms with Crippen molar-refractivity contribution in [1.82, 2.24) is 10.2 Å². The number of hydrogen-bond acceptors (Lipinski definition) is 4. The van der Waals surface area contributed by atoms with E-state index >= 15 is 0 Å². The fraction of sp³-hybridized carbons (Fsp3) is 0.692. The second-order valence-electron chi connectivity index (χ2n) is 5.54. The summed E-state index contributed by atoms with van der Waals surface area (Å²) in [6.07, 6.45) is 1.94. The molecule has 2 heterocycles. The van der Waals surface area contributed by atoms with Gasteiger partial charge in [-0.3, -0.25) is 0 Å². The van der Waals surface area contributed by atoms with Crippen molar-refractivity contribution in [1.29, 1.82) is 0 Å². The van der Waals surface area contributed by atoms with E-state index in [2.05, 4.69) is 15.1 Å². The summed E-state index contributed by atoms with van der Waals surface area (Å²) in [6.45, 7) is 5.89. The van der Waals surface area contributed by atoms with Crippen LogP contribution in [-0.2, 0) is 0 Å². The SMILES string of the molecule is Cc1c(Cl)nnc(N2CC3CCC(O)C3C2)c1C. The molecule has 0 spiro atoms. The van der Waals surface area contributed by atoms with Gasteiger partial charge in [-0.05, 0) is 43.7 Å². The van der Waals surface area contributed by atoms with Crippen molar-refractivity contribution in [3.8, 4) is 0 Å². The average Bonchev–Trinajstić information content (AvgIpc) is 2.89. The molecule has 0 bridgehead atoms. The fourth-order valence-corrected chi connectivity index (χ4v) is 3.45. The minimum absolute atomic E-state index is 0.137. The molecule has 3 rings (SSSR count). The number of halogens is 1. The van der Waals surface area contributed by atoms with Gasteiger partial charge in [0.2, 0.25) is 0 Å². The van der Waals surface area contributed by atoms with E-state index in [1.165, 1.54) is 0 Å². The smallest absolute Gasteiger partial charge is 0.155 e. The van der Waals surface area contributed by atoms with Crippen molar-refractivity contribution in [2.75, 3.05) is 18.0 Å². The summed E-state index contributed by atoms with van der Waals surface area (Å²) >= 11 is 5.98. The fourth-order valence-electron chi connectivity index (χ4n) is 3.27. The van der Waals surface area contributed by atoms with Crippen LogP contribution in [0.15, 0.2) is 0 Å². The van der Waals surface area contributed by atoms with Crippen molar-refractivity contribution < 1.29 is 5.11 Å². The van der Waals surface area contributed by atoms with Gasteiger partial charge in [0.25, 0.3) is 0 Å². The number of fused-ring (bicyclic) bond motifs is 1. The lowest BCUT2D eigenvalue weighted by Crippen LogP contribution is -2.26. The Labute approximate surface area is 112 Å². The molecule has 1 aliphatic heterocycles. The molecule has 4 nitrogen and oxygen atoms in total. The first-order chi connectivity index (χ1) is 8.58. The van der Waals surface area contributed by atoms with Crippen molar-refractivity contribution in [2.45, 2.75) is 32.8 Å². The molecule has 3 atom stereocenters. The highest BCUT2D eigenvalue weighted by atomic mass is 35.5. The van der Waals surface area contributed by atoms with Crippen molar-refractivity contribution in [3.05, 3.63) is 16.3 Å². The summed E-state index contributed by atoms with van der Waals surface area (Å²) in [5.74, 6) is 1.94. The van der Waals surface area contributed by atoms with E-state index in [4.69, 9.17) is 11.6 Å². The summed E-state index contributed by atoms with van der Waals surface area (Å²) < 4.78 is 0. The summed E-state index contributed by atoms with van der Waals surface area (Å²) in [5.41, 5.74) is 2.10. The first-order valence-electron chi connectivity index (χ1n) is 6.50. The zero-order valence-corrected chi connectivity index (χ0v) is 11.5. The van der Waals surface area contributed by atoms with Crippen LogP contribution in [0.5, 0.6) is 0 Å². The summed E-state index contributed by atoms with van der Waals surface area (Å²) in [4.78, 5) is 2.25. The predicted molar refractivity (Wildman–Crippen MR) is 70.9 cm³/mol. The topological polar surface area (TPSA) is 49.2 Å². The largest absolute Gasteiger partial charge is 0.393 e. The Kier molecular flexibility index (Phi) is 2.94. The summed E-state index contributed by atoms with van der Waals surface area (Å²) in [7, 11) is 0. The van der Waals surface area contributed by atoms with Crippen LogP contribution in [0, 0.1) is 25.7 Å². The lowest BCUT2D eigenvalue weighted by atomic mass is 10.00. The third-order valence-corrected chi connectivity index (χ3v) is 4.92. The number of hydrogen-bond donors (Lipinski definition) is 1. The van der Waals surface area contributed by atoms with Gasteiger partial charge in [0, 0.05) is 19.0 Å². The van der Waals surface area contributed by atoms with E-state index in [1.807, 2.05) is 13.8 Å². The third-order valence-electron chi connectivity index (χ3n) is 4.56. The quantitative estimate of drug-likeness (QED) is 0.845. The highest BCUT2D eigenvalue weighted by molar-refractivity contribution is 6.30. The molecule has 98 valence electrons. The number of rotatable bonds is 1. The van der Waals surface area contributed by atoms with Gasteiger partial charge in [0.1, 0.15) is 0 Å². The molecule has 0 aromatic carbocycles. The van der Waals surface area contributed by atoms with E-state index in [0.717, 1.165) is 42.9 Å². The molecule has 2 fully saturated rings. The molecule has 1 aromatic heterocycles. The van der Waals surface area contributed by atoms with Gasteiger partial charge in [-0.2, -0.15) is 0 Å². The zero-order chi connectivity index (χ0) is 12.9. The van der Waals surface area contributed by atoms with E-state index < -0.39 is 0 Å². The number of anilines is 1. The maximum atomic E-state index is 9.95. The molecule has 18 heavy (non-hydrogen) atoms. The summed E-state index contributed by atoms with van der Waals surface area (Å²) in [6, 6.07) is 0. The number of aliphatic hydroxyl groups excluding tert-OH is 1. The second kappa shape index (κ2) is 4.35. The maximum Gasteiger partial charge on any atom is 0.155 e. The lowest BCUT2D eigenvalue weighted by Gasteiger charge is -2.21. The number of aliphatic hydroxyl groups is 1. The van der Waals surface area contributed by atoms with Gasteiger partial charge in [-0.25, -0.2) is 0 Å². The standard InChI is InChI=1S/C13H18ClN3O/c1-7-8(2)13(16-15-12(7)14)17-5-9-3-4-11(18)10(9)6-17/h9-11,18H,3-6H2,1-2H3. The number of aromatic nitrogens is 2. The molecule has 0 radical (unpaired) electrons. The molecule has 2 aliphatic rings. The Morgan fingerprint density at radius 3 is 2.67 bits per heavy atom. The van der Waals surface area contributed by atoms with E-state index in [1.54, 1.807) is 0 Å². The Morgan fingerprint density at radius 2 is 1.94 bits per heavy atom. The molecule has 5 heteroatoms. The Balaban J connectivity index is 1.87. The first-order valence-corrected chi connectivity index (χ1v) is 6.88. The highest BCUT2D eigenvalue weighted by Crippen LogP contribution is 2.40. The lowest BCUT2D eigenvalue weighted by molar-refractivity contribution is 0.133. The van der Waals surface area contributed by atoms with Crippen LogP contribution in [-0.4, -0.2) is 34.5 Å². The predicted octanol–water partition coefficient (Wildman–Crippen LogP) is 1.95. The third kappa shape index (κ3) is 1.79. The zero-order valence-electron chi connectivity index (χ0n) is 10.7. The van der Waals surface area contributed by atoms with E-state index in [9.17, 15) is 5.11 Å². The van der Waals surface area contributed by atoms with Gasteiger partial charge in [0.05, 0.1) is 6.10 Å². The van der Waals surface area contributed by atoms with Crippen LogP contribution in [0.25, 0.3) is 0 Å². The molecular formula is C13H18ClN3O. The number of nitrogens with zero attached hydrogens (tertiary/aromatic N) is 3. The average molecular weight is 268 g/mol. The molecule has 3 unspecified atom stereocenters. The molecular weight excluding hydrogens is 250 g/mol. The van der Waals surface area contributed by atoms with Crippen LogP contribution in [0.4, 0.5) is 5.82 Å². The molecule has 1 saturated heterocycles. The van der Waals surface area contributed by atoms with Gasteiger partial charge in [-0.15, -0.1) is 10.2 Å². The van der Waals surface area contributed by atoms with Crippen molar-refractivity contribution >= 4 is 17.4 Å². The molecule has 1 saturated carbocycles. The minimum Gasteiger partial charge on any atom is -0.393 e. The van der Waals surface area contributed by atoms with E-state index in [-0.39, 0.29) is 6.10 Å². The summed E-state index contributed by atoms with van der Waals surface area (Å²) in [5, 5.41) is 18.7. The van der Waals surface area contributed by atoms with E-state index in [0.29, 0.717) is 17.0 Å². The van der Waals surface area contributed by atoms with Crippen LogP contribution < -0.4 is 4.90 Å². The molecule has 1 N–H and O–H groups in total. The van der Waals surface area contributed by atoms with Crippen LogP contribution >= 0.6 is 11.6 Å². The molecule has 1 aromatic rings. The molecule has 1 aliphatic carbocycles. The van der Waals surface area contributed by atoms with Gasteiger partial charge in [-0.1, -0.05) is 11.6 Å². The monoisotopic (exact) mass is 267 g/mol. The second-order valence-corrected chi connectivity index (χ2v) is 5.90. The van der Waals surface area contributed by atoms with Crippen LogP contribution in [0.2, 0.25) is 5.15 Å². The maximum absolute atomic E-state index is 9.95. The highest BCUT2D eigenvalue weighted by Gasteiger charge is 2.42. The first kappa shape index (κ1) is 12.2.